The molecule has 5 heteroatoms. The van der Waals surface area contributed by atoms with Crippen molar-refractivity contribution < 1.29 is 14.3 Å². The van der Waals surface area contributed by atoms with Crippen LogP contribution in [0.25, 0.3) is 0 Å². The topological polar surface area (TPSA) is 72.6 Å². The van der Waals surface area contributed by atoms with Gasteiger partial charge in [-0.15, -0.1) is 0 Å². The van der Waals surface area contributed by atoms with E-state index in [2.05, 4.69) is 0 Å². The Kier molecular flexibility index (Phi) is 3.88. The average molecular weight is 200 g/mol. The van der Waals surface area contributed by atoms with Gasteiger partial charge in [-0.05, 0) is 6.92 Å². The van der Waals surface area contributed by atoms with E-state index in [1.807, 2.05) is 0 Å². The largest absolute Gasteiger partial charge is 0.466 e. The SMILES string of the molecule is CCOC(=O)C1CC(=O)N(CCN)C1. The summed E-state index contributed by atoms with van der Waals surface area (Å²) in [5.74, 6) is -0.581. The molecule has 1 aliphatic rings. The Labute approximate surface area is 83.2 Å². The van der Waals surface area contributed by atoms with Gasteiger partial charge in [-0.2, -0.15) is 0 Å². The summed E-state index contributed by atoms with van der Waals surface area (Å²) in [6.45, 7) is 3.53. The second-order valence-electron chi connectivity index (χ2n) is 3.28. The summed E-state index contributed by atoms with van der Waals surface area (Å²) in [7, 11) is 0. The molecule has 1 rings (SSSR count). The van der Waals surface area contributed by atoms with Crippen LogP contribution in [0.15, 0.2) is 0 Å². The first-order valence-corrected chi connectivity index (χ1v) is 4.83. The molecule has 0 saturated carbocycles. The van der Waals surface area contributed by atoms with Crippen LogP contribution >= 0.6 is 0 Å². The summed E-state index contributed by atoms with van der Waals surface area (Å²) in [6, 6.07) is 0. The fraction of sp³-hybridized carbons (Fsp3) is 0.778. The molecule has 80 valence electrons. The molecule has 1 unspecified atom stereocenters. The summed E-state index contributed by atoms with van der Waals surface area (Å²) < 4.78 is 4.85. The van der Waals surface area contributed by atoms with Crippen LogP contribution in [0.1, 0.15) is 13.3 Å². The van der Waals surface area contributed by atoms with Crippen molar-refractivity contribution in [3.63, 3.8) is 0 Å². The van der Waals surface area contributed by atoms with Gasteiger partial charge in [0.2, 0.25) is 5.91 Å². The number of carbonyl (C=O) groups excluding carboxylic acids is 2. The zero-order valence-electron chi connectivity index (χ0n) is 8.36. The zero-order valence-corrected chi connectivity index (χ0v) is 8.36. The molecule has 1 fully saturated rings. The highest BCUT2D eigenvalue weighted by atomic mass is 16.5. The van der Waals surface area contributed by atoms with Gasteiger partial charge >= 0.3 is 5.97 Å². The second kappa shape index (κ2) is 4.95. The lowest BCUT2D eigenvalue weighted by Crippen LogP contribution is -2.31. The predicted octanol–water partition coefficient (Wildman–Crippen LogP) is -0.643. The Morgan fingerprint density at radius 2 is 2.43 bits per heavy atom. The molecule has 1 aliphatic heterocycles. The number of nitrogens with zero attached hydrogens (tertiary/aromatic N) is 1. The predicted molar refractivity (Wildman–Crippen MR) is 50.4 cm³/mol. The quantitative estimate of drug-likeness (QED) is 0.612. The van der Waals surface area contributed by atoms with Crippen molar-refractivity contribution in [2.45, 2.75) is 13.3 Å². The summed E-state index contributed by atoms with van der Waals surface area (Å²) in [5, 5.41) is 0. The van der Waals surface area contributed by atoms with E-state index in [-0.39, 0.29) is 24.2 Å². The van der Waals surface area contributed by atoms with Crippen LogP contribution in [-0.2, 0) is 14.3 Å². The fourth-order valence-electron chi connectivity index (χ4n) is 1.56. The van der Waals surface area contributed by atoms with Gasteiger partial charge in [-0.1, -0.05) is 0 Å². The molecule has 0 aromatic rings. The lowest BCUT2D eigenvalue weighted by atomic mass is 10.1. The van der Waals surface area contributed by atoms with Crippen LogP contribution in [0, 0.1) is 5.92 Å². The maximum Gasteiger partial charge on any atom is 0.311 e. The Morgan fingerprint density at radius 3 is 3.00 bits per heavy atom. The number of hydrogen-bond donors (Lipinski definition) is 1. The van der Waals surface area contributed by atoms with E-state index >= 15 is 0 Å². The molecular weight excluding hydrogens is 184 g/mol. The molecule has 0 aromatic carbocycles. The highest BCUT2D eigenvalue weighted by molar-refractivity contribution is 5.86. The number of hydrogen-bond acceptors (Lipinski definition) is 4. The van der Waals surface area contributed by atoms with Gasteiger partial charge in [0.25, 0.3) is 0 Å². The van der Waals surface area contributed by atoms with Crippen LogP contribution in [-0.4, -0.2) is 43.0 Å². The normalized spacial score (nSPS) is 21.4. The Balaban J connectivity index is 2.45. The summed E-state index contributed by atoms with van der Waals surface area (Å²) in [4.78, 5) is 24.3. The monoisotopic (exact) mass is 200 g/mol. The van der Waals surface area contributed by atoms with E-state index in [4.69, 9.17) is 10.5 Å². The van der Waals surface area contributed by atoms with Crippen molar-refractivity contribution in [3.8, 4) is 0 Å². The third-order valence-electron chi connectivity index (χ3n) is 2.23. The number of carbonyl (C=O) groups is 2. The molecule has 14 heavy (non-hydrogen) atoms. The van der Waals surface area contributed by atoms with Crippen LogP contribution in [0.2, 0.25) is 0 Å². The highest BCUT2D eigenvalue weighted by Crippen LogP contribution is 2.18. The molecule has 1 heterocycles. The molecule has 0 radical (unpaired) electrons. The van der Waals surface area contributed by atoms with Crippen LogP contribution < -0.4 is 5.73 Å². The van der Waals surface area contributed by atoms with Crippen LogP contribution in [0.3, 0.4) is 0 Å². The van der Waals surface area contributed by atoms with Gasteiger partial charge in [0.1, 0.15) is 0 Å². The molecule has 1 atom stereocenters. The lowest BCUT2D eigenvalue weighted by molar-refractivity contribution is -0.147. The summed E-state index contributed by atoms with van der Waals surface area (Å²) in [5.41, 5.74) is 5.34. The van der Waals surface area contributed by atoms with Crippen molar-refractivity contribution >= 4 is 11.9 Å². The number of likely N-dealkylation sites (tertiary alicyclic amines) is 1. The molecule has 0 aromatic heterocycles. The molecular formula is C9H16N2O3. The first-order chi connectivity index (χ1) is 6.69. The van der Waals surface area contributed by atoms with Crippen LogP contribution in [0.5, 0.6) is 0 Å². The van der Waals surface area contributed by atoms with Crippen molar-refractivity contribution in [2.75, 3.05) is 26.2 Å². The first-order valence-electron chi connectivity index (χ1n) is 4.83. The molecule has 1 amide bonds. The smallest absolute Gasteiger partial charge is 0.311 e. The average Bonchev–Trinajstić information content (AvgIpc) is 2.49. The minimum Gasteiger partial charge on any atom is -0.466 e. The molecule has 0 spiro atoms. The van der Waals surface area contributed by atoms with E-state index < -0.39 is 0 Å². The molecule has 2 N–H and O–H groups in total. The fourth-order valence-corrected chi connectivity index (χ4v) is 1.56. The Morgan fingerprint density at radius 1 is 1.71 bits per heavy atom. The highest BCUT2D eigenvalue weighted by Gasteiger charge is 2.34. The van der Waals surface area contributed by atoms with Crippen molar-refractivity contribution in [1.29, 1.82) is 0 Å². The number of rotatable bonds is 4. The maximum atomic E-state index is 11.3. The lowest BCUT2D eigenvalue weighted by Gasteiger charge is -2.14. The summed E-state index contributed by atoms with van der Waals surface area (Å²) >= 11 is 0. The molecule has 1 saturated heterocycles. The molecule has 5 nitrogen and oxygen atoms in total. The van der Waals surface area contributed by atoms with Crippen molar-refractivity contribution in [3.05, 3.63) is 0 Å². The van der Waals surface area contributed by atoms with Crippen molar-refractivity contribution in [2.24, 2.45) is 11.7 Å². The van der Waals surface area contributed by atoms with Gasteiger partial charge < -0.3 is 15.4 Å². The van der Waals surface area contributed by atoms with Crippen LogP contribution in [0.4, 0.5) is 0 Å². The van der Waals surface area contributed by atoms with Gasteiger partial charge in [-0.3, -0.25) is 9.59 Å². The van der Waals surface area contributed by atoms with Crippen molar-refractivity contribution in [1.82, 2.24) is 4.90 Å². The number of nitrogens with two attached hydrogens (primary N) is 1. The molecule has 0 bridgehead atoms. The van der Waals surface area contributed by atoms with E-state index in [1.165, 1.54) is 0 Å². The minimum absolute atomic E-state index is 0.00602. The zero-order chi connectivity index (χ0) is 10.6. The van der Waals surface area contributed by atoms with Gasteiger partial charge in [0.05, 0.1) is 12.5 Å². The number of amides is 1. The third kappa shape index (κ3) is 2.45. The van der Waals surface area contributed by atoms with E-state index in [1.54, 1.807) is 11.8 Å². The first kappa shape index (κ1) is 11.0. The van der Waals surface area contributed by atoms with Gasteiger partial charge in [0.15, 0.2) is 0 Å². The molecule has 0 aliphatic carbocycles. The number of ether oxygens (including phenoxy) is 1. The maximum absolute atomic E-state index is 11.3. The third-order valence-corrected chi connectivity index (χ3v) is 2.23. The standard InChI is InChI=1S/C9H16N2O3/c1-2-14-9(13)7-5-8(12)11(6-7)4-3-10/h7H,2-6,10H2,1H3. The van der Waals surface area contributed by atoms with Gasteiger partial charge in [0, 0.05) is 26.1 Å². The number of esters is 1. The van der Waals surface area contributed by atoms with Gasteiger partial charge in [-0.25, -0.2) is 0 Å². The summed E-state index contributed by atoms with van der Waals surface area (Å²) in [6.07, 6.45) is 0.263. The second-order valence-corrected chi connectivity index (χ2v) is 3.28. The van der Waals surface area contributed by atoms with E-state index in [9.17, 15) is 9.59 Å². The minimum atomic E-state index is -0.297. The Bertz CT molecular complexity index is 230. The van der Waals surface area contributed by atoms with E-state index in [0.717, 1.165) is 0 Å². The van der Waals surface area contributed by atoms with E-state index in [0.29, 0.717) is 26.2 Å². The Hall–Kier alpha value is -1.10.